The molecule has 0 amide bonds. The van der Waals surface area contributed by atoms with Crippen LogP contribution in [0.1, 0.15) is 5.56 Å². The van der Waals surface area contributed by atoms with E-state index in [0.29, 0.717) is 23.2 Å². The second-order valence-corrected chi connectivity index (χ2v) is 4.92. The molecule has 1 aromatic carbocycles. The van der Waals surface area contributed by atoms with Gasteiger partial charge in [0.25, 0.3) is 0 Å². The molecule has 4 nitrogen and oxygen atoms in total. The molecule has 1 aromatic heterocycles. The van der Waals surface area contributed by atoms with E-state index in [1.807, 2.05) is 18.2 Å². The third-order valence-electron chi connectivity index (χ3n) is 2.64. The molecular formula is C13H15Cl2N3O. The van der Waals surface area contributed by atoms with Crippen LogP contribution in [0, 0.1) is 0 Å². The van der Waals surface area contributed by atoms with Gasteiger partial charge in [-0.1, -0.05) is 23.2 Å². The van der Waals surface area contributed by atoms with Crippen molar-refractivity contribution in [2.75, 3.05) is 20.3 Å². The van der Waals surface area contributed by atoms with Crippen molar-refractivity contribution < 1.29 is 4.74 Å². The molecule has 0 bridgehead atoms. The molecule has 0 aliphatic heterocycles. The molecule has 0 unspecified atom stereocenters. The maximum atomic E-state index is 6.04. The van der Waals surface area contributed by atoms with Gasteiger partial charge in [-0.25, -0.2) is 4.68 Å². The number of ether oxygens (including phenoxy) is 1. The van der Waals surface area contributed by atoms with Crippen molar-refractivity contribution in [3.05, 3.63) is 46.2 Å². The summed E-state index contributed by atoms with van der Waals surface area (Å²) in [6, 6.07) is 5.69. The Hall–Kier alpha value is -1.07. The van der Waals surface area contributed by atoms with Crippen molar-refractivity contribution in [1.29, 1.82) is 0 Å². The van der Waals surface area contributed by atoms with Gasteiger partial charge in [0, 0.05) is 31.4 Å². The van der Waals surface area contributed by atoms with Gasteiger partial charge < -0.3 is 10.1 Å². The van der Waals surface area contributed by atoms with Crippen LogP contribution in [0.3, 0.4) is 0 Å². The van der Waals surface area contributed by atoms with Gasteiger partial charge in [0.2, 0.25) is 0 Å². The summed E-state index contributed by atoms with van der Waals surface area (Å²) in [6.07, 6.45) is 3.38. The van der Waals surface area contributed by atoms with Gasteiger partial charge in [-0.15, -0.1) is 0 Å². The molecule has 0 fully saturated rings. The standard InChI is InChI=1S/C13H15Cl2N3O/c1-19-5-4-16-7-10-6-11(14)2-3-13(10)18-9-12(15)8-17-18/h2-3,6,8-9,16H,4-5,7H2,1H3. The first kappa shape index (κ1) is 14.3. The average molecular weight is 300 g/mol. The van der Waals surface area contributed by atoms with E-state index in [4.69, 9.17) is 27.9 Å². The molecule has 2 aromatic rings. The number of methoxy groups -OCH3 is 1. The number of hydrogen-bond donors (Lipinski definition) is 1. The summed E-state index contributed by atoms with van der Waals surface area (Å²) in [4.78, 5) is 0. The summed E-state index contributed by atoms with van der Waals surface area (Å²) >= 11 is 11.9. The molecule has 0 saturated heterocycles. The van der Waals surface area contributed by atoms with E-state index >= 15 is 0 Å². The second kappa shape index (κ2) is 6.91. The summed E-state index contributed by atoms with van der Waals surface area (Å²) in [7, 11) is 1.68. The zero-order valence-corrected chi connectivity index (χ0v) is 12.1. The van der Waals surface area contributed by atoms with Gasteiger partial charge in [0.15, 0.2) is 0 Å². The third kappa shape index (κ3) is 3.94. The fourth-order valence-corrected chi connectivity index (χ4v) is 2.08. The van der Waals surface area contributed by atoms with Crippen LogP contribution in [-0.4, -0.2) is 30.0 Å². The van der Waals surface area contributed by atoms with Crippen LogP contribution >= 0.6 is 23.2 Å². The minimum atomic E-state index is 0.605. The Balaban J connectivity index is 2.18. The second-order valence-electron chi connectivity index (χ2n) is 4.05. The first-order valence-electron chi connectivity index (χ1n) is 5.89. The Kier molecular flexibility index (Phi) is 5.22. The lowest BCUT2D eigenvalue weighted by molar-refractivity contribution is 0.199. The number of nitrogens with one attached hydrogen (secondary N) is 1. The number of benzene rings is 1. The number of hydrogen-bond acceptors (Lipinski definition) is 3. The predicted octanol–water partition coefficient (Wildman–Crippen LogP) is 2.92. The lowest BCUT2D eigenvalue weighted by atomic mass is 10.1. The zero-order valence-electron chi connectivity index (χ0n) is 10.6. The van der Waals surface area contributed by atoms with Gasteiger partial charge in [-0.05, 0) is 23.8 Å². The van der Waals surface area contributed by atoms with Gasteiger partial charge in [0.1, 0.15) is 0 Å². The van der Waals surface area contributed by atoms with Crippen LogP contribution in [-0.2, 0) is 11.3 Å². The molecule has 0 saturated carbocycles. The van der Waals surface area contributed by atoms with E-state index in [2.05, 4.69) is 10.4 Å². The summed E-state index contributed by atoms with van der Waals surface area (Å²) in [5.41, 5.74) is 2.02. The van der Waals surface area contributed by atoms with E-state index in [0.717, 1.165) is 17.8 Å². The zero-order chi connectivity index (χ0) is 13.7. The van der Waals surface area contributed by atoms with Crippen molar-refractivity contribution in [2.24, 2.45) is 0 Å². The van der Waals surface area contributed by atoms with E-state index in [1.165, 1.54) is 0 Å². The molecule has 19 heavy (non-hydrogen) atoms. The first-order chi connectivity index (χ1) is 9.20. The van der Waals surface area contributed by atoms with Crippen LogP contribution in [0.5, 0.6) is 0 Å². The molecule has 0 spiro atoms. The van der Waals surface area contributed by atoms with Crippen molar-refractivity contribution >= 4 is 23.2 Å². The monoisotopic (exact) mass is 299 g/mol. The lowest BCUT2D eigenvalue weighted by Gasteiger charge is -2.11. The van der Waals surface area contributed by atoms with Crippen LogP contribution in [0.4, 0.5) is 0 Å². The highest BCUT2D eigenvalue weighted by molar-refractivity contribution is 6.30. The normalized spacial score (nSPS) is 10.9. The summed E-state index contributed by atoms with van der Waals surface area (Å²) in [5, 5.41) is 8.80. The quantitative estimate of drug-likeness (QED) is 0.834. The van der Waals surface area contributed by atoms with E-state index < -0.39 is 0 Å². The molecule has 6 heteroatoms. The van der Waals surface area contributed by atoms with Gasteiger partial charge in [-0.2, -0.15) is 5.10 Å². The van der Waals surface area contributed by atoms with Gasteiger partial charge >= 0.3 is 0 Å². The smallest absolute Gasteiger partial charge is 0.0790 e. The molecule has 0 atom stereocenters. The maximum absolute atomic E-state index is 6.04. The fourth-order valence-electron chi connectivity index (χ4n) is 1.75. The molecule has 102 valence electrons. The molecule has 0 radical (unpaired) electrons. The number of rotatable bonds is 6. The molecule has 1 N–H and O–H groups in total. The van der Waals surface area contributed by atoms with E-state index in [9.17, 15) is 0 Å². The first-order valence-corrected chi connectivity index (χ1v) is 6.65. The maximum Gasteiger partial charge on any atom is 0.0790 e. The summed E-state index contributed by atoms with van der Waals surface area (Å²) in [5.74, 6) is 0. The fraction of sp³-hybridized carbons (Fsp3) is 0.308. The molecule has 0 aliphatic rings. The average Bonchev–Trinajstić information content (AvgIpc) is 2.81. The molecule has 0 aliphatic carbocycles. The van der Waals surface area contributed by atoms with Gasteiger partial charge in [0.05, 0.1) is 23.5 Å². The van der Waals surface area contributed by atoms with E-state index in [-0.39, 0.29) is 0 Å². The van der Waals surface area contributed by atoms with Crippen molar-refractivity contribution in [1.82, 2.24) is 15.1 Å². The highest BCUT2D eigenvalue weighted by Gasteiger charge is 2.07. The van der Waals surface area contributed by atoms with Crippen molar-refractivity contribution in [2.45, 2.75) is 6.54 Å². The topological polar surface area (TPSA) is 39.1 Å². The third-order valence-corrected chi connectivity index (χ3v) is 3.07. The minimum Gasteiger partial charge on any atom is -0.383 e. The predicted molar refractivity (Wildman–Crippen MR) is 77.2 cm³/mol. The largest absolute Gasteiger partial charge is 0.383 e. The SMILES string of the molecule is COCCNCc1cc(Cl)ccc1-n1cc(Cl)cn1. The van der Waals surface area contributed by atoms with Crippen LogP contribution in [0.25, 0.3) is 5.69 Å². The van der Waals surface area contributed by atoms with E-state index in [1.54, 1.807) is 24.2 Å². The van der Waals surface area contributed by atoms with Crippen LogP contribution in [0.15, 0.2) is 30.6 Å². The highest BCUT2D eigenvalue weighted by atomic mass is 35.5. The molecule has 2 rings (SSSR count). The minimum absolute atomic E-state index is 0.605. The number of nitrogens with zero attached hydrogens (tertiary/aromatic N) is 2. The summed E-state index contributed by atoms with van der Waals surface area (Å²) < 4.78 is 6.74. The van der Waals surface area contributed by atoms with Crippen LogP contribution in [0.2, 0.25) is 10.0 Å². The number of aromatic nitrogens is 2. The summed E-state index contributed by atoms with van der Waals surface area (Å²) in [6.45, 7) is 2.14. The Labute approximate surface area is 122 Å². The highest BCUT2D eigenvalue weighted by Crippen LogP contribution is 2.20. The lowest BCUT2D eigenvalue weighted by Crippen LogP contribution is -2.19. The Morgan fingerprint density at radius 2 is 2.16 bits per heavy atom. The van der Waals surface area contributed by atoms with Crippen molar-refractivity contribution in [3.8, 4) is 5.69 Å². The van der Waals surface area contributed by atoms with Crippen LogP contribution < -0.4 is 5.32 Å². The number of halogens is 2. The Bertz CT molecular complexity index is 542. The Morgan fingerprint density at radius 3 is 2.84 bits per heavy atom. The van der Waals surface area contributed by atoms with Crippen molar-refractivity contribution in [3.63, 3.8) is 0 Å². The molecular weight excluding hydrogens is 285 g/mol. The van der Waals surface area contributed by atoms with Gasteiger partial charge in [-0.3, -0.25) is 0 Å². The Morgan fingerprint density at radius 1 is 1.32 bits per heavy atom. The molecule has 1 heterocycles.